The highest BCUT2D eigenvalue weighted by atomic mass is 16.4. The van der Waals surface area contributed by atoms with Crippen molar-refractivity contribution in [2.75, 3.05) is 20.1 Å². The Labute approximate surface area is 131 Å². The average molecular weight is 318 g/mol. The fourth-order valence-electron chi connectivity index (χ4n) is 2.89. The number of unbranched alkanes of at least 4 members (excludes halogenated alkanes) is 1. The van der Waals surface area contributed by atoms with Gasteiger partial charge < -0.3 is 31.1 Å². The molecule has 7 nitrogen and oxygen atoms in total. The quantitative estimate of drug-likeness (QED) is 0.287. The largest absolute Gasteiger partial charge is 0.390 e. The van der Waals surface area contributed by atoms with Crippen LogP contribution in [-0.4, -0.2) is 76.3 Å². The van der Waals surface area contributed by atoms with Crippen molar-refractivity contribution in [3.05, 3.63) is 0 Å². The Morgan fingerprint density at radius 2 is 2.00 bits per heavy atom. The second kappa shape index (κ2) is 8.90. The predicted octanol–water partition coefficient (Wildman–Crippen LogP) is -1.47. The van der Waals surface area contributed by atoms with Gasteiger partial charge in [-0.05, 0) is 46.2 Å². The number of rotatable bonds is 9. The van der Waals surface area contributed by atoms with Crippen LogP contribution in [0.1, 0.15) is 39.0 Å². The van der Waals surface area contributed by atoms with E-state index in [-0.39, 0.29) is 31.2 Å². The van der Waals surface area contributed by atoms with E-state index in [9.17, 15) is 25.2 Å². The van der Waals surface area contributed by atoms with Crippen molar-refractivity contribution in [3.63, 3.8) is 0 Å². The molecule has 0 aromatic carbocycles. The summed E-state index contributed by atoms with van der Waals surface area (Å²) in [6.45, 7) is 2.39. The topological polar surface area (TPSA) is 122 Å². The third-order valence-corrected chi connectivity index (χ3v) is 4.51. The summed E-state index contributed by atoms with van der Waals surface area (Å²) in [6.07, 6.45) is -0.651. The lowest BCUT2D eigenvalue weighted by molar-refractivity contribution is -0.183. The first-order valence-corrected chi connectivity index (χ1v) is 7.97. The molecular formula is C15H30N2O5. The number of hydrogen-bond donors (Lipinski definition) is 6. The summed E-state index contributed by atoms with van der Waals surface area (Å²) in [5.41, 5.74) is -1.41. The fraction of sp³-hybridized carbons (Fsp3) is 0.933. The number of aliphatic hydroxyl groups is 4. The fourth-order valence-corrected chi connectivity index (χ4v) is 2.89. The average Bonchev–Trinajstić information content (AvgIpc) is 2.48. The maximum atomic E-state index is 11.3. The third kappa shape index (κ3) is 5.26. The van der Waals surface area contributed by atoms with Crippen molar-refractivity contribution in [2.24, 2.45) is 0 Å². The van der Waals surface area contributed by atoms with Crippen molar-refractivity contribution in [1.82, 2.24) is 10.6 Å². The van der Waals surface area contributed by atoms with Gasteiger partial charge in [0.05, 0.1) is 12.1 Å². The molecule has 1 saturated carbocycles. The molecule has 1 fully saturated rings. The van der Waals surface area contributed by atoms with Gasteiger partial charge in [-0.25, -0.2) is 0 Å². The van der Waals surface area contributed by atoms with Crippen LogP contribution in [0.4, 0.5) is 0 Å². The van der Waals surface area contributed by atoms with Crippen LogP contribution in [0.15, 0.2) is 0 Å². The van der Waals surface area contributed by atoms with Gasteiger partial charge in [0.15, 0.2) is 0 Å². The maximum Gasteiger partial charge on any atom is 0.146 e. The van der Waals surface area contributed by atoms with Crippen molar-refractivity contribution in [2.45, 2.75) is 69.0 Å². The molecule has 130 valence electrons. The minimum absolute atomic E-state index is 0.110. The lowest BCUT2D eigenvalue weighted by Gasteiger charge is -2.42. The van der Waals surface area contributed by atoms with E-state index >= 15 is 0 Å². The van der Waals surface area contributed by atoms with Crippen LogP contribution >= 0.6 is 0 Å². The molecule has 1 aliphatic carbocycles. The Kier molecular flexibility index (Phi) is 7.88. The second-order valence-corrected chi connectivity index (χ2v) is 6.27. The van der Waals surface area contributed by atoms with Gasteiger partial charge in [-0.3, -0.25) is 4.79 Å². The van der Waals surface area contributed by atoms with Gasteiger partial charge in [0.1, 0.15) is 23.6 Å². The smallest absolute Gasteiger partial charge is 0.146 e. The number of aliphatic hydroxyl groups excluding tert-OH is 3. The molecule has 22 heavy (non-hydrogen) atoms. The van der Waals surface area contributed by atoms with Crippen molar-refractivity contribution in [3.8, 4) is 0 Å². The normalized spacial score (nSPS) is 33.6. The van der Waals surface area contributed by atoms with Crippen LogP contribution in [0, 0.1) is 0 Å². The first kappa shape index (κ1) is 19.5. The molecule has 7 heteroatoms. The summed E-state index contributed by atoms with van der Waals surface area (Å²) in [7, 11) is 1.77. The van der Waals surface area contributed by atoms with Gasteiger partial charge in [0.2, 0.25) is 0 Å². The van der Waals surface area contributed by atoms with Crippen LogP contribution in [0.5, 0.6) is 0 Å². The third-order valence-electron chi connectivity index (χ3n) is 4.51. The monoisotopic (exact) mass is 318 g/mol. The van der Waals surface area contributed by atoms with Crippen molar-refractivity contribution < 1.29 is 25.2 Å². The summed E-state index contributed by atoms with van der Waals surface area (Å²) < 4.78 is 0. The Morgan fingerprint density at radius 3 is 2.59 bits per heavy atom. The van der Waals surface area contributed by atoms with Crippen LogP contribution < -0.4 is 10.6 Å². The highest BCUT2D eigenvalue weighted by Crippen LogP contribution is 2.28. The minimum atomic E-state index is -1.41. The summed E-state index contributed by atoms with van der Waals surface area (Å²) in [5.74, 6) is 0.127. The van der Waals surface area contributed by atoms with E-state index in [0.29, 0.717) is 6.54 Å². The van der Waals surface area contributed by atoms with E-state index in [1.54, 1.807) is 14.0 Å². The molecule has 1 rings (SSSR count). The molecule has 0 saturated heterocycles. The molecule has 0 aliphatic heterocycles. The first-order chi connectivity index (χ1) is 10.3. The highest BCUT2D eigenvalue weighted by Gasteiger charge is 2.46. The van der Waals surface area contributed by atoms with E-state index < -0.39 is 23.9 Å². The van der Waals surface area contributed by atoms with Crippen LogP contribution in [-0.2, 0) is 4.79 Å². The number of Topliss-reactive ketones (excluding diaryl/α,β-unsaturated/α-hetero) is 1. The molecule has 0 amide bonds. The maximum absolute atomic E-state index is 11.3. The van der Waals surface area contributed by atoms with E-state index in [4.69, 9.17) is 0 Å². The predicted molar refractivity (Wildman–Crippen MR) is 82.5 cm³/mol. The van der Waals surface area contributed by atoms with E-state index in [1.165, 1.54) is 0 Å². The van der Waals surface area contributed by atoms with Gasteiger partial charge in [-0.1, -0.05) is 6.42 Å². The SMILES string of the molecule is CNC(CCCCNCC1(O)CCC(O)C(O)C1O)C(C)=O. The summed E-state index contributed by atoms with van der Waals surface area (Å²) in [5, 5.41) is 45.4. The van der Waals surface area contributed by atoms with Crippen LogP contribution in [0.2, 0.25) is 0 Å². The zero-order valence-electron chi connectivity index (χ0n) is 13.5. The Balaban J connectivity index is 2.22. The summed E-state index contributed by atoms with van der Waals surface area (Å²) in [4.78, 5) is 11.3. The number of likely N-dealkylation sites (N-methyl/N-ethyl adjacent to an activating group) is 1. The van der Waals surface area contributed by atoms with Crippen LogP contribution in [0.3, 0.4) is 0 Å². The molecule has 5 atom stereocenters. The standard InChI is InChI=1S/C15H30N2O5/c1-10(18)11(16-2)5-3-4-8-17-9-15(22)7-6-12(19)13(20)14(15)21/h11-14,16-17,19-22H,3-9H2,1-2H3. The molecule has 0 aromatic heterocycles. The van der Waals surface area contributed by atoms with E-state index in [0.717, 1.165) is 19.3 Å². The lowest BCUT2D eigenvalue weighted by atomic mass is 9.79. The zero-order valence-corrected chi connectivity index (χ0v) is 13.5. The lowest BCUT2D eigenvalue weighted by Crippen LogP contribution is -2.61. The zero-order chi connectivity index (χ0) is 16.8. The molecule has 0 radical (unpaired) electrons. The van der Waals surface area contributed by atoms with Crippen LogP contribution in [0.25, 0.3) is 0 Å². The molecule has 0 heterocycles. The van der Waals surface area contributed by atoms with Crippen molar-refractivity contribution in [1.29, 1.82) is 0 Å². The molecule has 1 aliphatic rings. The summed E-state index contributed by atoms with van der Waals surface area (Å²) in [6, 6.07) is -0.110. The molecular weight excluding hydrogens is 288 g/mol. The van der Waals surface area contributed by atoms with Gasteiger partial charge in [0, 0.05) is 6.54 Å². The highest BCUT2D eigenvalue weighted by molar-refractivity contribution is 5.81. The van der Waals surface area contributed by atoms with Gasteiger partial charge in [-0.2, -0.15) is 0 Å². The van der Waals surface area contributed by atoms with Gasteiger partial charge in [0.25, 0.3) is 0 Å². The number of carbonyl (C=O) groups excluding carboxylic acids is 1. The van der Waals surface area contributed by atoms with E-state index in [2.05, 4.69) is 10.6 Å². The Morgan fingerprint density at radius 1 is 1.32 bits per heavy atom. The Hall–Kier alpha value is -0.570. The first-order valence-electron chi connectivity index (χ1n) is 7.97. The van der Waals surface area contributed by atoms with Crippen molar-refractivity contribution >= 4 is 5.78 Å². The molecule has 0 bridgehead atoms. The number of carbonyl (C=O) groups is 1. The van der Waals surface area contributed by atoms with Gasteiger partial charge >= 0.3 is 0 Å². The molecule has 0 spiro atoms. The molecule has 5 unspecified atom stereocenters. The summed E-state index contributed by atoms with van der Waals surface area (Å²) >= 11 is 0. The molecule has 6 N–H and O–H groups in total. The van der Waals surface area contributed by atoms with E-state index in [1.807, 2.05) is 0 Å². The van der Waals surface area contributed by atoms with Gasteiger partial charge in [-0.15, -0.1) is 0 Å². The Bertz CT molecular complexity index is 355. The minimum Gasteiger partial charge on any atom is -0.390 e. The number of ketones is 1. The number of hydrogen-bond acceptors (Lipinski definition) is 7. The number of nitrogens with one attached hydrogen (secondary N) is 2. The molecule has 0 aromatic rings. The second-order valence-electron chi connectivity index (χ2n) is 6.27.